The van der Waals surface area contributed by atoms with Gasteiger partial charge in [0.25, 0.3) is 11.4 Å². The van der Waals surface area contributed by atoms with Crippen LogP contribution in [-0.2, 0) is 11.3 Å². The second-order valence-corrected chi connectivity index (χ2v) is 11.8. The number of aromatic nitrogens is 6. The number of amides is 1. The fourth-order valence-electron chi connectivity index (χ4n) is 5.42. The van der Waals surface area contributed by atoms with Crippen LogP contribution in [0.1, 0.15) is 62.0 Å². The molecule has 45 heavy (non-hydrogen) atoms. The molecule has 0 bridgehead atoms. The molecule has 1 atom stereocenters. The van der Waals surface area contributed by atoms with Gasteiger partial charge in [0, 0.05) is 48.3 Å². The molecule has 1 saturated heterocycles. The highest BCUT2D eigenvalue weighted by Gasteiger charge is 2.41. The average Bonchev–Trinajstić information content (AvgIpc) is 3.63. The maximum absolute atomic E-state index is 15.6. The number of carbonyl (C=O) groups excluding carboxylic acids is 1. The Balaban J connectivity index is 1.18. The number of rotatable bonds is 9. The lowest BCUT2D eigenvalue weighted by molar-refractivity contribution is -0.128. The third-order valence-electron chi connectivity index (χ3n) is 8.08. The fraction of sp³-hybridized carbons (Fsp3) is 0.303. The highest BCUT2D eigenvalue weighted by molar-refractivity contribution is 5.80. The Hall–Kier alpha value is -5.26. The van der Waals surface area contributed by atoms with Gasteiger partial charge in [0.05, 0.1) is 29.8 Å². The van der Waals surface area contributed by atoms with Crippen molar-refractivity contribution in [3.05, 3.63) is 100 Å². The highest BCUT2D eigenvalue weighted by Crippen LogP contribution is 2.38. The summed E-state index contributed by atoms with van der Waals surface area (Å²) in [5, 5.41) is 12.8. The minimum Gasteiger partial charge on any atom is -0.457 e. The van der Waals surface area contributed by atoms with Crippen LogP contribution < -0.4 is 10.3 Å². The topological polar surface area (TPSA) is 129 Å². The molecule has 12 heteroatoms. The number of likely N-dealkylation sites (tertiary alicyclic amines) is 1. The lowest BCUT2D eigenvalue weighted by Gasteiger charge is -2.15. The summed E-state index contributed by atoms with van der Waals surface area (Å²) in [4.78, 5) is 34.2. The van der Waals surface area contributed by atoms with E-state index in [1.165, 1.54) is 24.5 Å². The van der Waals surface area contributed by atoms with Gasteiger partial charge in [0.15, 0.2) is 5.82 Å². The molecule has 1 aliphatic heterocycles. The number of hydrogen-bond donors (Lipinski definition) is 0. The molecule has 5 aromatic rings. The van der Waals surface area contributed by atoms with Crippen molar-refractivity contribution in [2.24, 2.45) is 0 Å². The molecule has 1 aliphatic carbocycles. The van der Waals surface area contributed by atoms with Crippen LogP contribution in [0.2, 0.25) is 0 Å². The maximum Gasteiger partial charge on any atom is 0.272 e. The van der Waals surface area contributed by atoms with Crippen LogP contribution in [0.25, 0.3) is 22.7 Å². The summed E-state index contributed by atoms with van der Waals surface area (Å²) in [6.07, 6.45) is 5.31. The van der Waals surface area contributed by atoms with Crippen molar-refractivity contribution in [2.75, 3.05) is 6.54 Å². The fourth-order valence-corrected chi connectivity index (χ4v) is 5.42. The van der Waals surface area contributed by atoms with Crippen molar-refractivity contribution in [1.82, 2.24) is 34.8 Å². The molecule has 1 unspecified atom stereocenters. The first-order valence-corrected chi connectivity index (χ1v) is 14.9. The molecule has 2 fully saturated rings. The summed E-state index contributed by atoms with van der Waals surface area (Å²) in [7, 11) is 0. The van der Waals surface area contributed by atoms with E-state index in [1.54, 1.807) is 22.9 Å². The van der Waals surface area contributed by atoms with E-state index in [1.807, 2.05) is 29.2 Å². The molecule has 3 aromatic heterocycles. The van der Waals surface area contributed by atoms with E-state index in [0.717, 1.165) is 29.8 Å². The lowest BCUT2D eigenvalue weighted by Crippen LogP contribution is -2.27. The Morgan fingerprint density at radius 3 is 2.56 bits per heavy atom. The predicted molar refractivity (Wildman–Crippen MR) is 161 cm³/mol. The SMILES string of the molecule is CC(C)c1ccc(-c2ccc(Oc3cc(-c4nc(C5CC(=O)N(C6CC6)C5)no4)c(F)cc3Cn3ccc(=O)nc3)cc2)nn1. The van der Waals surface area contributed by atoms with Crippen LogP contribution in [0.4, 0.5) is 4.39 Å². The monoisotopic (exact) mass is 607 g/mol. The van der Waals surface area contributed by atoms with Crippen molar-refractivity contribution in [3.63, 3.8) is 0 Å². The van der Waals surface area contributed by atoms with Crippen molar-refractivity contribution in [3.8, 4) is 34.2 Å². The van der Waals surface area contributed by atoms with Gasteiger partial charge in [-0.2, -0.15) is 20.2 Å². The second-order valence-electron chi connectivity index (χ2n) is 11.8. The first-order chi connectivity index (χ1) is 21.8. The Kier molecular flexibility index (Phi) is 7.40. The molecule has 1 amide bonds. The first kappa shape index (κ1) is 28.5. The van der Waals surface area contributed by atoms with Gasteiger partial charge in [-0.25, -0.2) is 4.39 Å². The minimum absolute atomic E-state index is 0.0000141. The van der Waals surface area contributed by atoms with Gasteiger partial charge in [-0.1, -0.05) is 19.0 Å². The number of hydrogen-bond acceptors (Lipinski definition) is 9. The molecule has 2 aromatic carbocycles. The van der Waals surface area contributed by atoms with E-state index in [0.29, 0.717) is 41.9 Å². The van der Waals surface area contributed by atoms with Crippen molar-refractivity contribution >= 4 is 5.91 Å². The summed E-state index contributed by atoms with van der Waals surface area (Å²) < 4.78 is 29.1. The lowest BCUT2D eigenvalue weighted by atomic mass is 10.1. The largest absolute Gasteiger partial charge is 0.457 e. The second kappa shape index (κ2) is 11.7. The van der Waals surface area contributed by atoms with E-state index >= 15 is 4.39 Å². The molecule has 228 valence electrons. The van der Waals surface area contributed by atoms with E-state index in [9.17, 15) is 9.59 Å². The van der Waals surface area contributed by atoms with Crippen LogP contribution in [0, 0.1) is 5.82 Å². The molecule has 4 heterocycles. The van der Waals surface area contributed by atoms with Gasteiger partial charge < -0.3 is 18.7 Å². The summed E-state index contributed by atoms with van der Waals surface area (Å²) in [5.41, 5.74) is 2.73. The van der Waals surface area contributed by atoms with Gasteiger partial charge >= 0.3 is 0 Å². The molecule has 1 saturated carbocycles. The van der Waals surface area contributed by atoms with E-state index in [2.05, 4.69) is 39.2 Å². The quantitative estimate of drug-likeness (QED) is 0.218. The third kappa shape index (κ3) is 6.08. The van der Waals surface area contributed by atoms with Crippen LogP contribution in [-0.4, -0.2) is 53.3 Å². The molecule has 0 N–H and O–H groups in total. The van der Waals surface area contributed by atoms with E-state index in [4.69, 9.17) is 9.26 Å². The number of carbonyl (C=O) groups is 1. The standard InChI is InChI=1S/C33H30FN7O4/c1-19(2)27-9-10-28(38-37-27)20-3-7-24(8-4-20)44-29-15-25(26(34)13-21(29)16-40-12-11-30(42)35-18-40)33-36-32(39-45-33)22-14-31(43)41(17-22)23-5-6-23/h3-4,7-13,15,18-19,22-23H,5-6,14,16-17H2,1-2H3. The van der Waals surface area contributed by atoms with E-state index in [-0.39, 0.29) is 41.3 Å². The van der Waals surface area contributed by atoms with Gasteiger partial charge in [0.2, 0.25) is 5.91 Å². The number of ether oxygens (including phenoxy) is 1. The van der Waals surface area contributed by atoms with Crippen LogP contribution in [0.5, 0.6) is 11.5 Å². The van der Waals surface area contributed by atoms with Crippen molar-refractivity contribution < 1.29 is 18.4 Å². The molecule has 11 nitrogen and oxygen atoms in total. The number of nitrogens with zero attached hydrogens (tertiary/aromatic N) is 7. The molecule has 7 rings (SSSR count). The first-order valence-electron chi connectivity index (χ1n) is 14.9. The zero-order chi connectivity index (χ0) is 31.1. The maximum atomic E-state index is 15.6. The molecule has 0 radical (unpaired) electrons. The Labute approximate surface area is 257 Å². The van der Waals surface area contributed by atoms with Crippen molar-refractivity contribution in [2.45, 2.75) is 57.5 Å². The summed E-state index contributed by atoms with van der Waals surface area (Å²) in [6.45, 7) is 4.85. The molecular weight excluding hydrogens is 577 g/mol. The van der Waals surface area contributed by atoms with Crippen molar-refractivity contribution in [1.29, 1.82) is 0 Å². The summed E-state index contributed by atoms with van der Waals surface area (Å²) >= 11 is 0. The Morgan fingerprint density at radius 2 is 1.87 bits per heavy atom. The van der Waals surface area contributed by atoms with Gasteiger partial charge in [0.1, 0.15) is 17.3 Å². The Bertz CT molecular complexity index is 1900. The smallest absolute Gasteiger partial charge is 0.272 e. The number of halogens is 1. The zero-order valence-electron chi connectivity index (χ0n) is 24.8. The van der Waals surface area contributed by atoms with Gasteiger partial charge in [-0.15, -0.1) is 0 Å². The van der Waals surface area contributed by atoms with Crippen LogP contribution in [0.3, 0.4) is 0 Å². The van der Waals surface area contributed by atoms with E-state index < -0.39 is 5.82 Å². The summed E-state index contributed by atoms with van der Waals surface area (Å²) in [5.74, 6) is 0.837. The highest BCUT2D eigenvalue weighted by atomic mass is 19.1. The third-order valence-corrected chi connectivity index (χ3v) is 8.08. The number of benzene rings is 2. The van der Waals surface area contributed by atoms with Crippen LogP contribution >= 0.6 is 0 Å². The zero-order valence-corrected chi connectivity index (χ0v) is 24.8. The summed E-state index contributed by atoms with van der Waals surface area (Å²) in [6, 6.07) is 15.8. The van der Waals surface area contributed by atoms with Gasteiger partial charge in [-0.3, -0.25) is 9.59 Å². The van der Waals surface area contributed by atoms with Gasteiger partial charge in [-0.05, 0) is 67.3 Å². The predicted octanol–water partition coefficient (Wildman–Crippen LogP) is 5.33. The molecule has 2 aliphatic rings. The molecule has 0 spiro atoms. The molecular formula is C33H30FN7O4. The normalized spacial score (nSPS) is 16.5. The average molecular weight is 608 g/mol. The minimum atomic E-state index is -0.581. The van der Waals surface area contributed by atoms with Crippen LogP contribution in [0.15, 0.2) is 76.4 Å². The Morgan fingerprint density at radius 1 is 1.04 bits per heavy atom.